The fraction of sp³-hybridized carbons (Fsp3) is 0.200. The minimum atomic E-state index is -0.238. The molecule has 2 N–H and O–H groups in total. The molecule has 1 aliphatic rings. The van der Waals surface area contributed by atoms with Crippen LogP contribution in [0.15, 0.2) is 42.5 Å². The third-order valence-corrected chi connectivity index (χ3v) is 3.23. The van der Waals surface area contributed by atoms with Gasteiger partial charge in [-0.05, 0) is 23.3 Å². The number of para-hydroxylation sites is 1. The Morgan fingerprint density at radius 2 is 2.00 bits per heavy atom. The first-order valence-electron chi connectivity index (χ1n) is 6.02. The normalized spacial score (nSPS) is 16.4. The molecule has 19 heavy (non-hydrogen) atoms. The van der Waals surface area contributed by atoms with Gasteiger partial charge < -0.3 is 10.5 Å². The highest BCUT2D eigenvalue weighted by Gasteiger charge is 2.24. The van der Waals surface area contributed by atoms with Crippen LogP contribution >= 0.6 is 12.4 Å². The van der Waals surface area contributed by atoms with Crippen molar-refractivity contribution in [3.8, 4) is 16.9 Å². The summed E-state index contributed by atoms with van der Waals surface area (Å²) >= 11 is 0. The second kappa shape index (κ2) is 5.59. The molecule has 0 bridgehead atoms. The van der Waals surface area contributed by atoms with Crippen molar-refractivity contribution in [3.63, 3.8) is 0 Å². The van der Waals surface area contributed by atoms with Crippen molar-refractivity contribution in [2.24, 2.45) is 5.73 Å². The molecular weight excluding hydrogens is 265 g/mol. The first kappa shape index (κ1) is 13.8. The summed E-state index contributed by atoms with van der Waals surface area (Å²) in [5.41, 5.74) is 8.56. The van der Waals surface area contributed by atoms with E-state index in [1.54, 1.807) is 6.07 Å². The summed E-state index contributed by atoms with van der Waals surface area (Å²) in [6.07, 6.45) is 0.865. The van der Waals surface area contributed by atoms with Gasteiger partial charge in [-0.25, -0.2) is 4.39 Å². The first-order chi connectivity index (χ1) is 8.78. The van der Waals surface area contributed by atoms with Crippen molar-refractivity contribution in [1.29, 1.82) is 0 Å². The fourth-order valence-corrected chi connectivity index (χ4v) is 2.35. The first-order valence-corrected chi connectivity index (χ1v) is 6.02. The molecule has 0 fully saturated rings. The van der Waals surface area contributed by atoms with E-state index in [0.717, 1.165) is 28.9 Å². The maximum Gasteiger partial charge on any atom is 0.130 e. The van der Waals surface area contributed by atoms with Crippen LogP contribution in [0, 0.1) is 5.82 Å². The Morgan fingerprint density at radius 3 is 2.74 bits per heavy atom. The quantitative estimate of drug-likeness (QED) is 0.916. The van der Waals surface area contributed by atoms with Gasteiger partial charge in [-0.15, -0.1) is 12.4 Å². The van der Waals surface area contributed by atoms with Crippen LogP contribution in [-0.4, -0.2) is 12.6 Å². The molecule has 0 aromatic heterocycles. The number of ether oxygens (including phenoxy) is 1. The average Bonchev–Trinajstić information content (AvgIpc) is 2.81. The van der Waals surface area contributed by atoms with Crippen LogP contribution in [0.2, 0.25) is 0 Å². The molecule has 0 saturated carbocycles. The van der Waals surface area contributed by atoms with Gasteiger partial charge in [-0.3, -0.25) is 0 Å². The van der Waals surface area contributed by atoms with E-state index >= 15 is 0 Å². The Bertz CT molecular complexity index is 588. The molecule has 0 aliphatic carbocycles. The van der Waals surface area contributed by atoms with Crippen molar-refractivity contribution < 1.29 is 9.13 Å². The van der Waals surface area contributed by atoms with Crippen LogP contribution in [0.1, 0.15) is 5.56 Å². The number of benzene rings is 2. The van der Waals surface area contributed by atoms with Gasteiger partial charge in [0.05, 0.1) is 0 Å². The third-order valence-electron chi connectivity index (χ3n) is 3.23. The molecule has 1 aliphatic heterocycles. The molecule has 0 radical (unpaired) electrons. The molecule has 2 aromatic carbocycles. The summed E-state index contributed by atoms with van der Waals surface area (Å²) in [5.74, 6) is 0.608. The van der Waals surface area contributed by atoms with Gasteiger partial charge in [0.2, 0.25) is 0 Å². The maximum absolute atomic E-state index is 13.3. The Morgan fingerprint density at radius 1 is 1.21 bits per heavy atom. The van der Waals surface area contributed by atoms with Gasteiger partial charge in [0.25, 0.3) is 0 Å². The Labute approximate surface area is 117 Å². The lowest BCUT2D eigenvalue weighted by Crippen LogP contribution is -2.24. The molecule has 100 valence electrons. The molecular formula is C15H15ClFNO. The zero-order chi connectivity index (χ0) is 12.5. The summed E-state index contributed by atoms with van der Waals surface area (Å²) in [6, 6.07) is 12.5. The Hall–Kier alpha value is -1.58. The number of hydrogen-bond acceptors (Lipinski definition) is 2. The molecule has 1 heterocycles. The lowest BCUT2D eigenvalue weighted by atomic mass is 10.0. The largest absolute Gasteiger partial charge is 0.488 e. The molecule has 3 rings (SSSR count). The van der Waals surface area contributed by atoms with Crippen LogP contribution in [0.25, 0.3) is 11.1 Å². The van der Waals surface area contributed by atoms with Crippen molar-refractivity contribution in [2.45, 2.75) is 12.5 Å². The summed E-state index contributed by atoms with van der Waals surface area (Å²) < 4.78 is 19.1. The second-order valence-corrected chi connectivity index (χ2v) is 4.48. The van der Waals surface area contributed by atoms with E-state index < -0.39 is 0 Å². The molecule has 1 atom stereocenters. The van der Waals surface area contributed by atoms with E-state index in [1.807, 2.05) is 24.3 Å². The predicted molar refractivity (Wildman–Crippen MR) is 76.3 cm³/mol. The lowest BCUT2D eigenvalue weighted by Gasteiger charge is -2.10. The van der Waals surface area contributed by atoms with E-state index in [0.29, 0.717) is 6.54 Å². The van der Waals surface area contributed by atoms with Crippen LogP contribution in [-0.2, 0) is 6.42 Å². The van der Waals surface area contributed by atoms with Crippen molar-refractivity contribution in [3.05, 3.63) is 53.8 Å². The van der Waals surface area contributed by atoms with E-state index in [1.165, 1.54) is 12.1 Å². The highest BCUT2D eigenvalue weighted by atomic mass is 35.5. The SMILES string of the molecule is Cl.NCC1Cc2cccc(-c3cccc(F)c3)c2O1. The average molecular weight is 280 g/mol. The number of rotatable bonds is 2. The summed E-state index contributed by atoms with van der Waals surface area (Å²) in [4.78, 5) is 0. The van der Waals surface area contributed by atoms with Crippen LogP contribution in [0.5, 0.6) is 5.75 Å². The topological polar surface area (TPSA) is 35.2 Å². The molecule has 1 unspecified atom stereocenters. The predicted octanol–water partition coefficient (Wildman–Crippen LogP) is 3.18. The molecule has 2 nitrogen and oxygen atoms in total. The van der Waals surface area contributed by atoms with E-state index in [2.05, 4.69) is 0 Å². The van der Waals surface area contributed by atoms with Gasteiger partial charge in [-0.1, -0.05) is 30.3 Å². The fourth-order valence-electron chi connectivity index (χ4n) is 2.35. The Kier molecular flexibility index (Phi) is 4.08. The van der Waals surface area contributed by atoms with Gasteiger partial charge in [0, 0.05) is 18.5 Å². The van der Waals surface area contributed by atoms with E-state index in [-0.39, 0.29) is 24.3 Å². The third kappa shape index (κ3) is 2.57. The number of fused-ring (bicyclic) bond motifs is 1. The Balaban J connectivity index is 0.00000133. The van der Waals surface area contributed by atoms with E-state index in [4.69, 9.17) is 10.5 Å². The van der Waals surface area contributed by atoms with Gasteiger partial charge in [0.1, 0.15) is 17.7 Å². The molecule has 0 saturated heterocycles. The summed E-state index contributed by atoms with van der Waals surface area (Å²) in [7, 11) is 0. The molecule has 0 amide bonds. The summed E-state index contributed by atoms with van der Waals surface area (Å²) in [6.45, 7) is 0.497. The van der Waals surface area contributed by atoms with Crippen LogP contribution in [0.3, 0.4) is 0 Å². The maximum atomic E-state index is 13.3. The summed E-state index contributed by atoms with van der Waals surface area (Å²) in [5, 5.41) is 0. The molecule has 2 aromatic rings. The minimum Gasteiger partial charge on any atom is -0.488 e. The standard InChI is InChI=1S/C15H14FNO.ClH/c16-12-5-1-3-10(7-12)14-6-2-4-11-8-13(9-17)18-15(11)14;/h1-7,13H,8-9,17H2;1H. The van der Waals surface area contributed by atoms with Crippen LogP contribution in [0.4, 0.5) is 4.39 Å². The van der Waals surface area contributed by atoms with Gasteiger partial charge in [0.15, 0.2) is 0 Å². The highest BCUT2D eigenvalue weighted by molar-refractivity contribution is 5.85. The van der Waals surface area contributed by atoms with Gasteiger partial charge >= 0.3 is 0 Å². The number of halogens is 2. The monoisotopic (exact) mass is 279 g/mol. The number of hydrogen-bond donors (Lipinski definition) is 1. The van der Waals surface area contributed by atoms with Crippen LogP contribution < -0.4 is 10.5 Å². The smallest absolute Gasteiger partial charge is 0.130 e. The number of nitrogens with two attached hydrogens (primary N) is 1. The van der Waals surface area contributed by atoms with Gasteiger partial charge in [-0.2, -0.15) is 0 Å². The molecule has 4 heteroatoms. The zero-order valence-corrected chi connectivity index (χ0v) is 11.1. The van der Waals surface area contributed by atoms with Crippen molar-refractivity contribution in [1.82, 2.24) is 0 Å². The molecule has 0 spiro atoms. The van der Waals surface area contributed by atoms with Crippen molar-refractivity contribution in [2.75, 3.05) is 6.54 Å². The lowest BCUT2D eigenvalue weighted by molar-refractivity contribution is 0.242. The van der Waals surface area contributed by atoms with E-state index in [9.17, 15) is 4.39 Å². The zero-order valence-electron chi connectivity index (χ0n) is 10.3. The second-order valence-electron chi connectivity index (χ2n) is 4.48. The van der Waals surface area contributed by atoms with Crippen molar-refractivity contribution >= 4 is 12.4 Å². The minimum absolute atomic E-state index is 0. The highest BCUT2D eigenvalue weighted by Crippen LogP contribution is 2.38.